The van der Waals surface area contributed by atoms with E-state index in [0.29, 0.717) is 27.5 Å². The zero-order valence-electron chi connectivity index (χ0n) is 18.6. The summed E-state index contributed by atoms with van der Waals surface area (Å²) in [4.78, 5) is 5.12. The van der Waals surface area contributed by atoms with Gasteiger partial charge in [-0.15, -0.1) is 0 Å². The van der Waals surface area contributed by atoms with E-state index in [1.807, 2.05) is 0 Å². The van der Waals surface area contributed by atoms with Gasteiger partial charge in [-0.2, -0.15) is 26.3 Å². The van der Waals surface area contributed by atoms with Crippen molar-refractivity contribution < 1.29 is 31.2 Å². The number of alkyl halides is 6. The van der Waals surface area contributed by atoms with E-state index in [1.165, 1.54) is 18.2 Å². The molecule has 2 nitrogen and oxygen atoms in total. The Kier molecular flexibility index (Phi) is 6.15. The molecule has 0 aliphatic carbocycles. The quantitative estimate of drug-likeness (QED) is 0.231. The molecule has 4 aromatic carbocycles. The highest BCUT2D eigenvalue weighted by molar-refractivity contribution is 6.34. The van der Waals surface area contributed by atoms with Gasteiger partial charge in [0.15, 0.2) is 0 Å². The second kappa shape index (κ2) is 8.96. The fourth-order valence-electron chi connectivity index (χ4n) is 4.48. The number of fused-ring (bicyclic) bond motifs is 1. The van der Waals surface area contributed by atoms with Gasteiger partial charge in [-0.25, -0.2) is 0 Å². The largest absolute Gasteiger partial charge is 0.435 e. The van der Waals surface area contributed by atoms with E-state index < -0.39 is 29.9 Å². The summed E-state index contributed by atoms with van der Waals surface area (Å²) in [5, 5.41) is 5.09. The van der Waals surface area contributed by atoms with Crippen LogP contribution in [0, 0.1) is 0 Å². The Hall–Kier alpha value is -3.23. The molecule has 5 rings (SSSR count). The third-order valence-corrected chi connectivity index (χ3v) is 6.71. The summed E-state index contributed by atoms with van der Waals surface area (Å²) in [6, 6.07) is 18.4. The maximum atomic E-state index is 14.4. The van der Waals surface area contributed by atoms with Crippen molar-refractivity contribution in [3.8, 4) is 11.1 Å². The Morgan fingerprint density at radius 1 is 0.730 bits per heavy atom. The lowest BCUT2D eigenvalue weighted by molar-refractivity contribution is -0.275. The van der Waals surface area contributed by atoms with Crippen LogP contribution in [0.25, 0.3) is 21.9 Å². The maximum absolute atomic E-state index is 14.4. The van der Waals surface area contributed by atoms with E-state index >= 15 is 0 Å². The molecule has 0 fully saturated rings. The SMILES string of the molecule is FC(F)(F)c1ccc(-c2ccc(C3=NOC(c4cc(Cl)cc(Cl)c4)(C(F)(F)F)C3)c3ccccc23)cc1. The van der Waals surface area contributed by atoms with E-state index in [-0.39, 0.29) is 21.3 Å². The van der Waals surface area contributed by atoms with E-state index in [4.69, 9.17) is 28.0 Å². The van der Waals surface area contributed by atoms with Gasteiger partial charge in [0, 0.05) is 27.6 Å². The van der Waals surface area contributed by atoms with Crippen LogP contribution in [0.3, 0.4) is 0 Å². The normalized spacial score (nSPS) is 18.1. The van der Waals surface area contributed by atoms with Crippen molar-refractivity contribution in [2.75, 3.05) is 0 Å². The molecule has 0 aromatic heterocycles. The molecule has 37 heavy (non-hydrogen) atoms. The van der Waals surface area contributed by atoms with Crippen molar-refractivity contribution in [3.05, 3.63) is 106 Å². The van der Waals surface area contributed by atoms with Crippen molar-refractivity contribution in [2.45, 2.75) is 24.4 Å². The smallest absolute Gasteiger partial charge is 0.374 e. The van der Waals surface area contributed by atoms with Crippen LogP contribution in [-0.2, 0) is 16.6 Å². The van der Waals surface area contributed by atoms with Crippen LogP contribution in [0.15, 0.2) is 84.0 Å². The zero-order chi connectivity index (χ0) is 26.6. The second-order valence-electron chi connectivity index (χ2n) is 8.57. The highest BCUT2D eigenvalue weighted by Gasteiger charge is 2.62. The number of nitrogens with zero attached hydrogens (tertiary/aromatic N) is 1. The first-order chi connectivity index (χ1) is 17.4. The molecule has 0 bridgehead atoms. The monoisotopic (exact) mass is 553 g/mol. The van der Waals surface area contributed by atoms with Gasteiger partial charge in [-0.1, -0.05) is 76.9 Å². The van der Waals surface area contributed by atoms with Crippen molar-refractivity contribution in [2.24, 2.45) is 5.16 Å². The van der Waals surface area contributed by atoms with Crippen molar-refractivity contribution in [1.82, 2.24) is 0 Å². The van der Waals surface area contributed by atoms with Crippen LogP contribution < -0.4 is 0 Å². The first-order valence-electron chi connectivity index (χ1n) is 10.9. The van der Waals surface area contributed by atoms with E-state index in [9.17, 15) is 26.3 Å². The Morgan fingerprint density at radius 3 is 1.86 bits per heavy atom. The third-order valence-electron chi connectivity index (χ3n) is 6.27. The number of hydrogen-bond acceptors (Lipinski definition) is 2. The summed E-state index contributed by atoms with van der Waals surface area (Å²) in [5.74, 6) is 0. The summed E-state index contributed by atoms with van der Waals surface area (Å²) in [6.45, 7) is 0. The molecule has 0 spiro atoms. The number of rotatable bonds is 3. The Bertz CT molecular complexity index is 1510. The minimum atomic E-state index is -4.85. The van der Waals surface area contributed by atoms with Gasteiger partial charge >= 0.3 is 12.4 Å². The summed E-state index contributed by atoms with van der Waals surface area (Å²) in [5.41, 5.74) is -2.23. The van der Waals surface area contributed by atoms with Crippen molar-refractivity contribution >= 4 is 39.7 Å². The van der Waals surface area contributed by atoms with Gasteiger partial charge in [0.2, 0.25) is 0 Å². The molecular weight excluding hydrogens is 539 g/mol. The molecule has 0 saturated heterocycles. The molecule has 1 aliphatic heterocycles. The molecule has 1 unspecified atom stereocenters. The molecule has 0 amide bonds. The first-order valence-corrected chi connectivity index (χ1v) is 11.6. The molecule has 1 aliphatic rings. The molecule has 1 heterocycles. The van der Waals surface area contributed by atoms with Gasteiger partial charge in [0.25, 0.3) is 5.60 Å². The number of halogens is 8. The van der Waals surface area contributed by atoms with Gasteiger partial charge in [-0.05, 0) is 52.2 Å². The fourth-order valence-corrected chi connectivity index (χ4v) is 5.00. The van der Waals surface area contributed by atoms with E-state index in [0.717, 1.165) is 24.3 Å². The number of oxime groups is 1. The van der Waals surface area contributed by atoms with E-state index in [1.54, 1.807) is 36.4 Å². The highest BCUT2D eigenvalue weighted by Crippen LogP contribution is 2.50. The van der Waals surface area contributed by atoms with Gasteiger partial charge in [0.05, 0.1) is 11.3 Å². The van der Waals surface area contributed by atoms with E-state index in [2.05, 4.69) is 5.16 Å². The van der Waals surface area contributed by atoms with Gasteiger partial charge in [0.1, 0.15) is 0 Å². The maximum Gasteiger partial charge on any atom is 0.435 e. The highest BCUT2D eigenvalue weighted by atomic mass is 35.5. The third kappa shape index (κ3) is 4.53. The van der Waals surface area contributed by atoms with Crippen molar-refractivity contribution in [1.29, 1.82) is 0 Å². The number of hydrogen-bond donors (Lipinski definition) is 0. The molecule has 4 aromatic rings. The lowest BCUT2D eigenvalue weighted by atomic mass is 9.85. The Morgan fingerprint density at radius 2 is 1.30 bits per heavy atom. The minimum absolute atomic E-state index is 0.0227. The molecule has 10 heteroatoms. The van der Waals surface area contributed by atoms with Gasteiger partial charge < -0.3 is 4.84 Å². The van der Waals surface area contributed by atoms with Crippen LogP contribution in [-0.4, -0.2) is 11.9 Å². The minimum Gasteiger partial charge on any atom is -0.374 e. The molecule has 0 radical (unpaired) electrons. The summed E-state index contributed by atoms with van der Waals surface area (Å²) < 4.78 is 82.2. The topological polar surface area (TPSA) is 21.6 Å². The predicted octanol–water partition coefficient (Wildman–Crippen LogP) is 9.41. The summed E-state index contributed by atoms with van der Waals surface area (Å²) >= 11 is 12.0. The molecular formula is C27H15Cl2F6NO. The molecule has 0 N–H and O–H groups in total. The first kappa shape index (κ1) is 25.4. The zero-order valence-corrected chi connectivity index (χ0v) is 20.1. The standard InChI is InChI=1S/C27H15Cl2F6NO/c28-18-11-17(12-19(29)13-18)25(27(33,34)35)14-24(36-37-25)23-10-9-20(21-3-1-2-4-22(21)23)15-5-7-16(8-6-15)26(30,31)32/h1-13H,14H2. The van der Waals surface area contributed by atoms with Crippen molar-refractivity contribution in [3.63, 3.8) is 0 Å². The molecule has 1 atom stereocenters. The second-order valence-corrected chi connectivity index (χ2v) is 9.44. The summed E-state index contributed by atoms with van der Waals surface area (Å²) in [7, 11) is 0. The van der Waals surface area contributed by atoms with Crippen LogP contribution >= 0.6 is 23.2 Å². The predicted molar refractivity (Wildman–Crippen MR) is 131 cm³/mol. The lowest BCUT2D eigenvalue weighted by Gasteiger charge is -2.29. The fraction of sp³-hybridized carbons (Fsp3) is 0.148. The summed E-state index contributed by atoms with van der Waals surface area (Å²) in [6.07, 6.45) is -9.94. The number of benzene rings is 4. The van der Waals surface area contributed by atoms with Crippen LogP contribution in [0.4, 0.5) is 26.3 Å². The lowest BCUT2D eigenvalue weighted by Crippen LogP contribution is -2.42. The average molecular weight is 554 g/mol. The van der Waals surface area contributed by atoms with Gasteiger partial charge in [-0.3, -0.25) is 0 Å². The Labute approximate surface area is 217 Å². The average Bonchev–Trinajstić information content (AvgIpc) is 3.29. The van der Waals surface area contributed by atoms with Crippen LogP contribution in [0.1, 0.15) is 23.1 Å². The Balaban J connectivity index is 1.58. The van der Waals surface area contributed by atoms with Crippen LogP contribution in [0.5, 0.6) is 0 Å². The van der Waals surface area contributed by atoms with Crippen LogP contribution in [0.2, 0.25) is 10.0 Å². The molecule has 0 saturated carbocycles. The molecule has 190 valence electrons.